The molecule has 0 aliphatic carbocycles. The molecule has 1 fully saturated rings. The first-order valence-electron chi connectivity index (χ1n) is 5.37. The normalized spacial score (nSPS) is 19.9. The fraction of sp³-hybridized carbons (Fsp3) is 0.333. The maximum absolute atomic E-state index is 11.2. The molecule has 1 amide bonds. The van der Waals surface area contributed by atoms with Crippen molar-refractivity contribution in [2.45, 2.75) is 6.54 Å². The third-order valence-electron chi connectivity index (χ3n) is 2.75. The first-order chi connectivity index (χ1) is 7.78. The van der Waals surface area contributed by atoms with Gasteiger partial charge in [0.1, 0.15) is 6.54 Å². The average molecular weight is 216 g/mol. The highest BCUT2D eigenvalue weighted by atomic mass is 16.2. The van der Waals surface area contributed by atoms with Crippen molar-refractivity contribution in [2.75, 3.05) is 19.6 Å². The van der Waals surface area contributed by atoms with Crippen LogP contribution in [-0.4, -0.2) is 25.5 Å². The number of benzene rings is 1. The monoisotopic (exact) mass is 216 g/mol. The molecule has 0 saturated carbocycles. The first kappa shape index (κ1) is 10.7. The first-order valence-corrected chi connectivity index (χ1v) is 5.37. The molecule has 1 unspecified atom stereocenters. The van der Waals surface area contributed by atoms with Crippen LogP contribution in [0.3, 0.4) is 0 Å². The lowest BCUT2D eigenvalue weighted by atomic mass is 10.1. The van der Waals surface area contributed by atoms with Crippen LogP contribution >= 0.6 is 0 Å². The van der Waals surface area contributed by atoms with Crippen LogP contribution in [0.5, 0.6) is 0 Å². The van der Waals surface area contributed by atoms with Crippen molar-refractivity contribution in [3.05, 3.63) is 35.4 Å². The molecule has 0 spiro atoms. The fourth-order valence-corrected chi connectivity index (χ4v) is 1.89. The Hall–Kier alpha value is -1.86. The molecule has 1 aromatic rings. The van der Waals surface area contributed by atoms with Crippen LogP contribution in [-0.2, 0) is 11.3 Å². The molecule has 82 valence electrons. The summed E-state index contributed by atoms with van der Waals surface area (Å²) in [6, 6.07) is 9.64. The van der Waals surface area contributed by atoms with Gasteiger partial charge in [-0.25, -0.2) is 0 Å². The van der Waals surface area contributed by atoms with E-state index < -0.39 is 0 Å². The van der Waals surface area contributed by atoms with Crippen molar-refractivity contribution >= 4 is 5.91 Å². The molecule has 2 N–H and O–H groups in total. The molecule has 4 heteroatoms. The zero-order valence-corrected chi connectivity index (χ0v) is 8.99. The molecule has 0 aromatic heterocycles. The smallest absolute Gasteiger partial charge is 0.275 e. The summed E-state index contributed by atoms with van der Waals surface area (Å²) in [5.74, 6) is 0.120. The highest BCUT2D eigenvalue weighted by Crippen LogP contribution is 2.01. The van der Waals surface area contributed by atoms with E-state index in [4.69, 9.17) is 5.26 Å². The van der Waals surface area contributed by atoms with E-state index in [0.717, 1.165) is 19.6 Å². The Morgan fingerprint density at radius 3 is 2.75 bits per heavy atom. The number of nitrogens with zero attached hydrogens (tertiary/aromatic N) is 1. The number of nitriles is 1. The Morgan fingerprint density at radius 2 is 2.12 bits per heavy atom. The molecular formula is C12H14N3O+. The number of hydrogen-bond donors (Lipinski definition) is 2. The Morgan fingerprint density at radius 1 is 1.38 bits per heavy atom. The lowest BCUT2D eigenvalue weighted by Crippen LogP contribution is -3.14. The largest absolute Gasteiger partial charge is 0.346 e. The van der Waals surface area contributed by atoms with E-state index in [9.17, 15) is 4.79 Å². The zero-order chi connectivity index (χ0) is 11.4. The third-order valence-corrected chi connectivity index (χ3v) is 2.75. The molecule has 16 heavy (non-hydrogen) atoms. The number of hydrogen-bond acceptors (Lipinski definition) is 2. The van der Waals surface area contributed by atoms with Crippen molar-refractivity contribution in [1.29, 1.82) is 5.26 Å². The summed E-state index contributed by atoms with van der Waals surface area (Å²) in [4.78, 5) is 12.5. The van der Waals surface area contributed by atoms with Crippen molar-refractivity contribution in [3.63, 3.8) is 0 Å². The standard InChI is InChI=1S/C12H13N3O/c13-7-10-1-3-11(4-2-10)8-15-6-5-14-12(16)9-15/h1-4H,5-6,8-9H2,(H,14,16)/p+1. The van der Waals surface area contributed by atoms with Crippen molar-refractivity contribution in [1.82, 2.24) is 5.32 Å². The molecular weight excluding hydrogens is 202 g/mol. The van der Waals surface area contributed by atoms with Gasteiger partial charge in [-0.2, -0.15) is 5.26 Å². The second kappa shape index (κ2) is 4.77. The maximum atomic E-state index is 11.2. The van der Waals surface area contributed by atoms with Crippen LogP contribution in [0.2, 0.25) is 0 Å². The molecule has 1 aromatic carbocycles. The van der Waals surface area contributed by atoms with Gasteiger partial charge in [-0.15, -0.1) is 0 Å². The Labute approximate surface area is 94.5 Å². The summed E-state index contributed by atoms with van der Waals surface area (Å²) in [7, 11) is 0. The summed E-state index contributed by atoms with van der Waals surface area (Å²) in [6.07, 6.45) is 0. The minimum Gasteiger partial charge on any atom is -0.346 e. The zero-order valence-electron chi connectivity index (χ0n) is 8.99. The highest BCUT2D eigenvalue weighted by molar-refractivity contribution is 5.77. The molecule has 1 atom stereocenters. The van der Waals surface area contributed by atoms with Gasteiger partial charge in [0.15, 0.2) is 6.54 Å². The van der Waals surface area contributed by atoms with Crippen LogP contribution in [0, 0.1) is 11.3 Å². The van der Waals surface area contributed by atoms with E-state index in [2.05, 4.69) is 11.4 Å². The number of carbonyl (C=O) groups excluding carboxylic acids is 1. The van der Waals surface area contributed by atoms with Gasteiger partial charge in [-0.05, 0) is 12.1 Å². The van der Waals surface area contributed by atoms with E-state index in [-0.39, 0.29) is 5.91 Å². The summed E-state index contributed by atoms with van der Waals surface area (Å²) < 4.78 is 0. The van der Waals surface area contributed by atoms with E-state index in [1.165, 1.54) is 10.5 Å². The Bertz CT molecular complexity index is 419. The van der Waals surface area contributed by atoms with Crippen LogP contribution in [0.4, 0.5) is 0 Å². The molecule has 1 aliphatic heterocycles. The van der Waals surface area contributed by atoms with Crippen molar-refractivity contribution in [3.8, 4) is 6.07 Å². The van der Waals surface area contributed by atoms with Gasteiger partial charge in [0.25, 0.3) is 5.91 Å². The average Bonchev–Trinajstić information content (AvgIpc) is 2.30. The van der Waals surface area contributed by atoms with E-state index >= 15 is 0 Å². The minimum absolute atomic E-state index is 0.120. The molecule has 4 nitrogen and oxygen atoms in total. The number of quaternary nitrogens is 1. The van der Waals surface area contributed by atoms with E-state index in [1.54, 1.807) is 0 Å². The van der Waals surface area contributed by atoms with Gasteiger partial charge in [0.2, 0.25) is 0 Å². The maximum Gasteiger partial charge on any atom is 0.275 e. The Balaban J connectivity index is 1.98. The number of carbonyl (C=O) groups is 1. The SMILES string of the molecule is N#Cc1ccc(C[NH+]2CCNC(=O)C2)cc1. The molecule has 1 heterocycles. The van der Waals surface area contributed by atoms with Crippen LogP contribution in [0.1, 0.15) is 11.1 Å². The lowest BCUT2D eigenvalue weighted by molar-refractivity contribution is -0.907. The molecule has 0 bridgehead atoms. The van der Waals surface area contributed by atoms with Gasteiger partial charge in [0, 0.05) is 5.56 Å². The van der Waals surface area contributed by atoms with Gasteiger partial charge in [-0.1, -0.05) is 12.1 Å². The van der Waals surface area contributed by atoms with E-state index in [1.807, 2.05) is 24.3 Å². The second-order valence-electron chi connectivity index (χ2n) is 4.01. The van der Waals surface area contributed by atoms with Gasteiger partial charge in [-0.3, -0.25) is 4.79 Å². The topological polar surface area (TPSA) is 57.3 Å². The molecule has 0 radical (unpaired) electrons. The quantitative estimate of drug-likeness (QED) is 0.671. The predicted molar refractivity (Wildman–Crippen MR) is 58.6 cm³/mol. The molecule has 1 aliphatic rings. The number of amides is 1. The summed E-state index contributed by atoms with van der Waals surface area (Å²) in [5.41, 5.74) is 1.85. The highest BCUT2D eigenvalue weighted by Gasteiger charge is 2.19. The number of nitrogens with one attached hydrogen (secondary N) is 2. The van der Waals surface area contributed by atoms with Crippen LogP contribution in [0.25, 0.3) is 0 Å². The number of piperazine rings is 1. The minimum atomic E-state index is 0.120. The van der Waals surface area contributed by atoms with Crippen LogP contribution in [0.15, 0.2) is 24.3 Å². The Kier molecular flexibility index (Phi) is 3.18. The number of rotatable bonds is 2. The summed E-state index contributed by atoms with van der Waals surface area (Å²) >= 11 is 0. The lowest BCUT2D eigenvalue weighted by Gasteiger charge is -2.23. The van der Waals surface area contributed by atoms with Gasteiger partial charge in [0.05, 0.1) is 24.7 Å². The second-order valence-corrected chi connectivity index (χ2v) is 4.01. The predicted octanol–water partition coefficient (Wildman–Crippen LogP) is -0.927. The van der Waals surface area contributed by atoms with Crippen molar-refractivity contribution < 1.29 is 9.69 Å². The van der Waals surface area contributed by atoms with Gasteiger partial charge >= 0.3 is 0 Å². The third kappa shape index (κ3) is 2.59. The van der Waals surface area contributed by atoms with Gasteiger partial charge < -0.3 is 10.2 Å². The molecule has 2 rings (SSSR count). The van der Waals surface area contributed by atoms with Crippen LogP contribution < -0.4 is 10.2 Å². The summed E-state index contributed by atoms with van der Waals surface area (Å²) in [6.45, 7) is 3.11. The van der Waals surface area contributed by atoms with E-state index in [0.29, 0.717) is 12.1 Å². The summed E-state index contributed by atoms with van der Waals surface area (Å²) in [5, 5.41) is 11.5. The van der Waals surface area contributed by atoms with Crippen molar-refractivity contribution in [2.24, 2.45) is 0 Å². The fourth-order valence-electron chi connectivity index (χ4n) is 1.89. The molecule has 1 saturated heterocycles.